The number of carbonyl (C=O) groups excluding carboxylic acids is 2. The van der Waals surface area contributed by atoms with Crippen LogP contribution in [0.1, 0.15) is 29.5 Å². The molecule has 0 aliphatic carbocycles. The molecule has 2 amide bonds. The lowest BCUT2D eigenvalue weighted by Gasteiger charge is -2.31. The molecule has 3 aromatic carbocycles. The summed E-state index contributed by atoms with van der Waals surface area (Å²) in [6.07, 6.45) is -3.78. The number of likely N-dealkylation sites (N-methyl/N-ethyl adjacent to an activating group) is 1. The number of nitrogens with zero attached hydrogens (tertiary/aromatic N) is 2. The Kier molecular flexibility index (Phi) is 11.3. The molecule has 42 heavy (non-hydrogen) atoms. The molecule has 0 aliphatic rings. The molecule has 1 atom stereocenters. The van der Waals surface area contributed by atoms with Crippen LogP contribution >= 0.6 is 23.2 Å². The van der Waals surface area contributed by atoms with Crippen molar-refractivity contribution in [3.05, 3.63) is 99.5 Å². The topological polar surface area (TPSA) is 86.8 Å². The van der Waals surface area contributed by atoms with Crippen LogP contribution in [-0.4, -0.2) is 51.0 Å². The first-order valence-corrected chi connectivity index (χ1v) is 15.4. The molecule has 0 aromatic heterocycles. The van der Waals surface area contributed by atoms with E-state index in [4.69, 9.17) is 23.2 Å². The Bertz CT molecular complexity index is 1510. The van der Waals surface area contributed by atoms with Crippen LogP contribution in [-0.2, 0) is 38.8 Å². The maximum atomic E-state index is 13.7. The minimum Gasteiger partial charge on any atom is -0.357 e. The number of nitrogens with one attached hydrogen (secondary N) is 1. The summed E-state index contributed by atoms with van der Waals surface area (Å²) in [6.45, 7) is -0.250. The Hall–Kier alpha value is -3.28. The molecule has 3 rings (SSSR count). The summed E-state index contributed by atoms with van der Waals surface area (Å²) in [7, 11) is -2.52. The molecule has 3 aromatic rings. The first-order chi connectivity index (χ1) is 19.7. The number of rotatable bonds is 12. The maximum Gasteiger partial charge on any atom is 0.416 e. The fraction of sp³-hybridized carbons (Fsp3) is 0.310. The first-order valence-electron chi connectivity index (χ1n) is 12.8. The maximum absolute atomic E-state index is 13.7. The van der Waals surface area contributed by atoms with Gasteiger partial charge < -0.3 is 10.2 Å². The van der Waals surface area contributed by atoms with Gasteiger partial charge in [0.2, 0.25) is 21.8 Å². The van der Waals surface area contributed by atoms with Gasteiger partial charge in [0.25, 0.3) is 0 Å². The first kappa shape index (κ1) is 33.2. The van der Waals surface area contributed by atoms with Gasteiger partial charge in [-0.15, -0.1) is 0 Å². The van der Waals surface area contributed by atoms with Gasteiger partial charge in [0, 0.05) is 33.0 Å². The van der Waals surface area contributed by atoms with E-state index in [0.717, 1.165) is 34.3 Å². The van der Waals surface area contributed by atoms with Gasteiger partial charge in [-0.25, -0.2) is 8.42 Å². The molecule has 0 bridgehead atoms. The largest absolute Gasteiger partial charge is 0.416 e. The van der Waals surface area contributed by atoms with Crippen molar-refractivity contribution in [1.29, 1.82) is 0 Å². The molecule has 7 nitrogen and oxygen atoms in total. The summed E-state index contributed by atoms with van der Waals surface area (Å²) in [5.74, 6) is -0.864. The standard InChI is InChI=1S/C29H30Cl2F3N3O4S/c1-35-28(39)26(17-20-8-4-3-5-9-20)36(19-21-13-14-24(30)25(31)16-21)27(38)12-7-15-37(42(2,40)41)23-11-6-10-22(18-23)29(32,33)34/h3-6,8-11,13-14,16,18,26H,7,12,15,17,19H2,1-2H3,(H,35,39). The van der Waals surface area contributed by atoms with Crippen LogP contribution in [0.25, 0.3) is 0 Å². The van der Waals surface area contributed by atoms with E-state index in [9.17, 15) is 31.2 Å². The van der Waals surface area contributed by atoms with Gasteiger partial charge in [0.1, 0.15) is 6.04 Å². The molecular weight excluding hydrogens is 614 g/mol. The summed E-state index contributed by atoms with van der Waals surface area (Å²) < 4.78 is 65.6. The van der Waals surface area contributed by atoms with E-state index in [1.54, 1.807) is 18.2 Å². The van der Waals surface area contributed by atoms with Crippen molar-refractivity contribution in [2.75, 3.05) is 24.2 Å². The van der Waals surface area contributed by atoms with Crippen LogP contribution in [0.2, 0.25) is 10.0 Å². The van der Waals surface area contributed by atoms with E-state index >= 15 is 0 Å². The monoisotopic (exact) mass is 643 g/mol. The number of hydrogen-bond donors (Lipinski definition) is 1. The summed E-state index contributed by atoms with van der Waals surface area (Å²) in [4.78, 5) is 28.1. The SMILES string of the molecule is CNC(=O)C(Cc1ccccc1)N(Cc1ccc(Cl)c(Cl)c1)C(=O)CCCN(c1cccc(C(F)(F)F)c1)S(C)(=O)=O. The highest BCUT2D eigenvalue weighted by Gasteiger charge is 2.32. The molecular formula is C29H30Cl2F3N3O4S. The summed E-state index contributed by atoms with van der Waals surface area (Å²) in [5, 5.41) is 3.19. The predicted octanol–water partition coefficient (Wildman–Crippen LogP) is 5.94. The minimum absolute atomic E-state index is 0.00403. The van der Waals surface area contributed by atoms with Crippen LogP contribution in [0.5, 0.6) is 0 Å². The van der Waals surface area contributed by atoms with Gasteiger partial charge in [-0.2, -0.15) is 13.2 Å². The lowest BCUT2D eigenvalue weighted by Crippen LogP contribution is -2.49. The molecule has 13 heteroatoms. The average Bonchev–Trinajstić information content (AvgIpc) is 2.93. The number of alkyl halides is 3. The van der Waals surface area contributed by atoms with E-state index in [0.29, 0.717) is 10.6 Å². The molecule has 0 heterocycles. The molecule has 0 fully saturated rings. The second-order valence-corrected chi connectivity index (χ2v) is 12.3. The third-order valence-electron chi connectivity index (χ3n) is 6.47. The number of anilines is 1. The van der Waals surface area contributed by atoms with Crippen LogP contribution in [0.15, 0.2) is 72.8 Å². The van der Waals surface area contributed by atoms with E-state index in [2.05, 4.69) is 5.32 Å². The van der Waals surface area contributed by atoms with Crippen molar-refractivity contribution in [3.8, 4) is 0 Å². The summed E-state index contributed by atoms with van der Waals surface area (Å²) in [6, 6.07) is 17.0. The molecule has 1 N–H and O–H groups in total. The van der Waals surface area contributed by atoms with Gasteiger partial charge in [-0.3, -0.25) is 13.9 Å². The van der Waals surface area contributed by atoms with Gasteiger partial charge in [-0.1, -0.05) is 65.7 Å². The Morgan fingerprint density at radius 1 is 0.929 bits per heavy atom. The van der Waals surface area contributed by atoms with E-state index < -0.39 is 39.6 Å². The highest BCUT2D eigenvalue weighted by atomic mass is 35.5. The molecule has 0 spiro atoms. The second kappa shape index (κ2) is 14.3. The highest BCUT2D eigenvalue weighted by Crippen LogP contribution is 2.32. The lowest BCUT2D eigenvalue weighted by molar-refractivity contribution is -0.141. The van der Waals surface area contributed by atoms with Crippen molar-refractivity contribution >= 4 is 50.7 Å². The number of halogens is 5. The van der Waals surface area contributed by atoms with Crippen LogP contribution in [0, 0.1) is 0 Å². The normalized spacial score (nSPS) is 12.5. The molecule has 0 saturated carbocycles. The lowest BCUT2D eigenvalue weighted by atomic mass is 10.0. The van der Waals surface area contributed by atoms with Crippen molar-refractivity contribution in [2.45, 2.75) is 38.0 Å². The van der Waals surface area contributed by atoms with Crippen LogP contribution in [0.3, 0.4) is 0 Å². The fourth-order valence-corrected chi connectivity index (χ4v) is 5.67. The third kappa shape index (κ3) is 9.11. The van der Waals surface area contributed by atoms with Crippen molar-refractivity contribution < 1.29 is 31.2 Å². The summed E-state index contributed by atoms with van der Waals surface area (Å²) in [5.41, 5.74) is 0.263. The Balaban J connectivity index is 1.88. The van der Waals surface area contributed by atoms with Crippen LogP contribution in [0.4, 0.5) is 18.9 Å². The second-order valence-electron chi connectivity index (χ2n) is 9.58. The van der Waals surface area contributed by atoms with E-state index in [1.807, 2.05) is 30.3 Å². The Morgan fingerprint density at radius 3 is 2.21 bits per heavy atom. The predicted molar refractivity (Wildman–Crippen MR) is 158 cm³/mol. The van der Waals surface area contributed by atoms with Crippen LogP contribution < -0.4 is 9.62 Å². The smallest absolute Gasteiger partial charge is 0.357 e. The Morgan fingerprint density at radius 2 is 1.62 bits per heavy atom. The molecule has 1 unspecified atom stereocenters. The zero-order chi connectivity index (χ0) is 31.1. The zero-order valence-corrected chi connectivity index (χ0v) is 25.2. The van der Waals surface area contributed by atoms with Gasteiger partial charge >= 0.3 is 6.18 Å². The zero-order valence-electron chi connectivity index (χ0n) is 22.9. The summed E-state index contributed by atoms with van der Waals surface area (Å²) >= 11 is 12.2. The molecule has 0 saturated heterocycles. The number of benzene rings is 3. The Labute approximate surface area is 253 Å². The average molecular weight is 645 g/mol. The number of carbonyl (C=O) groups is 2. The number of amides is 2. The third-order valence-corrected chi connectivity index (χ3v) is 8.40. The molecule has 226 valence electrons. The van der Waals surface area contributed by atoms with E-state index in [-0.39, 0.29) is 43.1 Å². The van der Waals surface area contributed by atoms with Crippen molar-refractivity contribution in [1.82, 2.24) is 10.2 Å². The fourth-order valence-electron chi connectivity index (χ4n) is 4.40. The van der Waals surface area contributed by atoms with E-state index in [1.165, 1.54) is 18.0 Å². The number of hydrogen-bond acceptors (Lipinski definition) is 4. The van der Waals surface area contributed by atoms with Gasteiger partial charge in [0.15, 0.2) is 0 Å². The molecule has 0 radical (unpaired) electrons. The van der Waals surface area contributed by atoms with Gasteiger partial charge in [-0.05, 0) is 47.9 Å². The highest BCUT2D eigenvalue weighted by molar-refractivity contribution is 7.92. The molecule has 0 aliphatic heterocycles. The van der Waals surface area contributed by atoms with Gasteiger partial charge in [0.05, 0.1) is 27.6 Å². The quantitative estimate of drug-likeness (QED) is 0.264. The minimum atomic E-state index is -4.66. The van der Waals surface area contributed by atoms with Crippen molar-refractivity contribution in [2.24, 2.45) is 0 Å². The number of sulfonamides is 1. The van der Waals surface area contributed by atoms with Crippen molar-refractivity contribution in [3.63, 3.8) is 0 Å².